The molecule has 0 saturated heterocycles. The molecule has 1 N–H and O–H groups in total. The van der Waals surface area contributed by atoms with Crippen LogP contribution in [0, 0.1) is 0 Å². The van der Waals surface area contributed by atoms with Crippen molar-refractivity contribution in [3.8, 4) is 0 Å². The number of hydrogen-bond donors (Lipinski definition) is 1. The summed E-state index contributed by atoms with van der Waals surface area (Å²) in [6.45, 7) is 8.38. The van der Waals surface area contributed by atoms with Gasteiger partial charge in [0, 0.05) is 10.6 Å². The van der Waals surface area contributed by atoms with Crippen molar-refractivity contribution in [2.45, 2.75) is 39.5 Å². The first-order valence-corrected chi connectivity index (χ1v) is 8.98. The number of thiophene rings is 1. The number of amides is 1. The summed E-state index contributed by atoms with van der Waals surface area (Å²) in [7, 11) is 0. The Morgan fingerprint density at radius 2 is 1.83 bits per heavy atom. The Labute approximate surface area is 147 Å². The van der Waals surface area contributed by atoms with Crippen LogP contribution in [0.25, 0.3) is 0 Å². The smallest absolute Gasteiger partial charge is 0.265 e. The van der Waals surface area contributed by atoms with Crippen LogP contribution in [-0.2, 0) is 9.63 Å². The number of carbonyl (C=O) groups is 1. The van der Waals surface area contributed by atoms with Crippen molar-refractivity contribution in [2.24, 2.45) is 5.16 Å². The summed E-state index contributed by atoms with van der Waals surface area (Å²) in [5.74, 6) is 0.460. The highest BCUT2D eigenvalue weighted by atomic mass is 32.1. The predicted molar refractivity (Wildman–Crippen MR) is 101 cm³/mol. The van der Waals surface area contributed by atoms with Gasteiger partial charge in [0.1, 0.15) is 0 Å². The summed E-state index contributed by atoms with van der Waals surface area (Å²) in [5.41, 5.74) is 3.17. The normalized spacial score (nSPS) is 11.4. The maximum absolute atomic E-state index is 12.2. The molecule has 2 aromatic rings. The second kappa shape index (κ2) is 8.64. The minimum absolute atomic E-state index is 0.105. The maximum atomic E-state index is 12.2. The van der Waals surface area contributed by atoms with E-state index >= 15 is 0 Å². The largest absolute Gasteiger partial charge is 0.386 e. The number of anilines is 1. The van der Waals surface area contributed by atoms with E-state index in [0.717, 1.165) is 21.7 Å². The van der Waals surface area contributed by atoms with E-state index in [0.29, 0.717) is 11.8 Å². The number of benzene rings is 1. The van der Waals surface area contributed by atoms with E-state index in [2.05, 4.69) is 50.3 Å². The monoisotopic (exact) mass is 344 g/mol. The van der Waals surface area contributed by atoms with Gasteiger partial charge in [0.2, 0.25) is 0 Å². The Morgan fingerprint density at radius 3 is 2.38 bits per heavy atom. The van der Waals surface area contributed by atoms with E-state index in [1.165, 1.54) is 0 Å². The molecule has 0 bridgehead atoms. The second-order valence-electron chi connectivity index (χ2n) is 6.19. The Kier molecular flexibility index (Phi) is 6.55. The van der Waals surface area contributed by atoms with E-state index in [-0.39, 0.29) is 12.5 Å². The number of rotatable bonds is 7. The van der Waals surface area contributed by atoms with E-state index in [1.54, 1.807) is 17.6 Å². The number of nitrogens with zero attached hydrogens (tertiary/aromatic N) is 1. The van der Waals surface area contributed by atoms with E-state index in [4.69, 9.17) is 4.84 Å². The molecule has 1 heterocycles. The lowest BCUT2D eigenvalue weighted by molar-refractivity contribution is -0.120. The fraction of sp³-hybridized carbons (Fsp3) is 0.368. The van der Waals surface area contributed by atoms with Crippen LogP contribution in [0.5, 0.6) is 0 Å². The molecule has 24 heavy (non-hydrogen) atoms. The molecular formula is C19H24N2O2S. The molecular weight excluding hydrogens is 320 g/mol. The third kappa shape index (κ3) is 4.93. The maximum Gasteiger partial charge on any atom is 0.265 e. The van der Waals surface area contributed by atoms with Gasteiger partial charge in [-0.2, -0.15) is 0 Å². The third-order valence-corrected chi connectivity index (χ3v) is 4.44. The Morgan fingerprint density at radius 1 is 1.17 bits per heavy atom. The Hall–Kier alpha value is -2.14. The molecule has 0 aliphatic carbocycles. The van der Waals surface area contributed by atoms with E-state index in [1.807, 2.05) is 23.6 Å². The van der Waals surface area contributed by atoms with Crippen molar-refractivity contribution in [1.29, 1.82) is 0 Å². The number of nitrogens with one attached hydrogen (secondary N) is 1. The minimum Gasteiger partial charge on any atom is -0.386 e. The summed E-state index contributed by atoms with van der Waals surface area (Å²) in [5, 5.41) is 8.80. The van der Waals surface area contributed by atoms with Gasteiger partial charge in [-0.25, -0.2) is 0 Å². The molecule has 1 aromatic carbocycles. The molecule has 128 valence electrons. The lowest BCUT2D eigenvalue weighted by Crippen LogP contribution is -2.19. The standard InChI is InChI=1S/C19H24N2O2S/c1-13(2)16-8-5-9-17(14(3)4)19(16)21-18(22)12-23-20-11-15-7-6-10-24-15/h5-11,13-14H,12H2,1-4H3,(H,21,22)/b20-11+. The van der Waals surface area contributed by atoms with E-state index < -0.39 is 0 Å². The molecule has 1 amide bonds. The van der Waals surface area contributed by atoms with Crippen molar-refractivity contribution in [1.82, 2.24) is 0 Å². The molecule has 4 nitrogen and oxygen atoms in total. The summed E-state index contributed by atoms with van der Waals surface area (Å²) in [6.07, 6.45) is 1.61. The van der Waals surface area contributed by atoms with Crippen LogP contribution >= 0.6 is 11.3 Å². The Bertz CT molecular complexity index is 665. The average Bonchev–Trinajstić information content (AvgIpc) is 3.04. The highest BCUT2D eigenvalue weighted by Gasteiger charge is 2.16. The zero-order valence-corrected chi connectivity index (χ0v) is 15.4. The number of hydrogen-bond acceptors (Lipinski definition) is 4. The van der Waals surface area contributed by atoms with Gasteiger partial charge in [0.15, 0.2) is 6.61 Å². The fourth-order valence-corrected chi connectivity index (χ4v) is 3.00. The van der Waals surface area contributed by atoms with Crippen LogP contribution in [0.4, 0.5) is 5.69 Å². The van der Waals surface area contributed by atoms with Crippen LogP contribution in [0.2, 0.25) is 0 Å². The third-order valence-electron chi connectivity index (χ3n) is 3.63. The van der Waals surface area contributed by atoms with Crippen LogP contribution in [0.15, 0.2) is 40.9 Å². The summed E-state index contributed by atoms with van der Waals surface area (Å²) in [6, 6.07) is 10.0. The van der Waals surface area contributed by atoms with Crippen LogP contribution < -0.4 is 5.32 Å². The topological polar surface area (TPSA) is 50.7 Å². The SMILES string of the molecule is CC(C)c1cccc(C(C)C)c1NC(=O)CO/N=C/c1cccs1. The van der Waals surface area contributed by atoms with Gasteiger partial charge in [0.05, 0.1) is 6.21 Å². The lowest BCUT2D eigenvalue weighted by Gasteiger charge is -2.19. The van der Waals surface area contributed by atoms with Gasteiger partial charge < -0.3 is 10.2 Å². The molecule has 0 radical (unpaired) electrons. The quantitative estimate of drug-likeness (QED) is 0.568. The van der Waals surface area contributed by atoms with Crippen molar-refractivity contribution in [3.05, 3.63) is 51.7 Å². The zero-order chi connectivity index (χ0) is 17.5. The Balaban J connectivity index is 2.02. The number of para-hydroxylation sites is 1. The summed E-state index contributed by atoms with van der Waals surface area (Å²) >= 11 is 1.56. The van der Waals surface area contributed by atoms with Crippen molar-refractivity contribution in [2.75, 3.05) is 11.9 Å². The van der Waals surface area contributed by atoms with Gasteiger partial charge >= 0.3 is 0 Å². The summed E-state index contributed by atoms with van der Waals surface area (Å²) < 4.78 is 0. The molecule has 5 heteroatoms. The minimum atomic E-state index is -0.201. The molecule has 0 spiro atoms. The van der Waals surface area contributed by atoms with Crippen molar-refractivity contribution >= 4 is 29.1 Å². The first-order valence-electron chi connectivity index (χ1n) is 8.10. The van der Waals surface area contributed by atoms with Crippen LogP contribution in [-0.4, -0.2) is 18.7 Å². The second-order valence-corrected chi connectivity index (χ2v) is 7.17. The lowest BCUT2D eigenvalue weighted by atomic mass is 9.92. The molecule has 0 atom stereocenters. The van der Waals surface area contributed by atoms with Crippen LogP contribution in [0.3, 0.4) is 0 Å². The van der Waals surface area contributed by atoms with E-state index in [9.17, 15) is 4.79 Å². The molecule has 0 unspecified atom stereocenters. The molecule has 0 fully saturated rings. The van der Waals surface area contributed by atoms with Gasteiger partial charge in [-0.3, -0.25) is 4.79 Å². The number of oxime groups is 1. The predicted octanol–water partition coefficient (Wildman–Crippen LogP) is 4.98. The zero-order valence-electron chi connectivity index (χ0n) is 14.6. The number of carbonyl (C=O) groups excluding carboxylic acids is 1. The molecule has 0 aliphatic heterocycles. The first-order chi connectivity index (χ1) is 11.5. The highest BCUT2D eigenvalue weighted by Crippen LogP contribution is 2.32. The van der Waals surface area contributed by atoms with Crippen LogP contribution in [0.1, 0.15) is 55.5 Å². The van der Waals surface area contributed by atoms with Crippen molar-refractivity contribution < 1.29 is 9.63 Å². The van der Waals surface area contributed by atoms with Crippen molar-refractivity contribution in [3.63, 3.8) is 0 Å². The van der Waals surface area contributed by atoms with Gasteiger partial charge in [-0.1, -0.05) is 57.1 Å². The van der Waals surface area contributed by atoms with Gasteiger partial charge in [0.25, 0.3) is 5.91 Å². The molecule has 0 saturated carbocycles. The molecule has 1 aromatic heterocycles. The summed E-state index contributed by atoms with van der Waals surface area (Å²) in [4.78, 5) is 18.3. The van der Waals surface area contributed by atoms with Gasteiger partial charge in [-0.05, 0) is 34.4 Å². The highest BCUT2D eigenvalue weighted by molar-refractivity contribution is 7.11. The molecule has 2 rings (SSSR count). The fourth-order valence-electron chi connectivity index (χ4n) is 2.42. The average molecular weight is 344 g/mol. The first kappa shape index (κ1) is 18.2. The van der Waals surface area contributed by atoms with Gasteiger partial charge in [-0.15, -0.1) is 11.3 Å². The molecule has 0 aliphatic rings.